The van der Waals surface area contributed by atoms with Gasteiger partial charge in [0.1, 0.15) is 5.75 Å². The van der Waals surface area contributed by atoms with Crippen LogP contribution in [0.3, 0.4) is 0 Å². The summed E-state index contributed by atoms with van der Waals surface area (Å²) in [5.41, 5.74) is 1.80. The van der Waals surface area contributed by atoms with E-state index in [2.05, 4.69) is 20.9 Å². The van der Waals surface area contributed by atoms with E-state index in [-0.39, 0.29) is 5.75 Å². The van der Waals surface area contributed by atoms with E-state index in [0.717, 1.165) is 11.1 Å². The second kappa shape index (κ2) is 4.21. The molecule has 0 bridgehead atoms. The Hall–Kier alpha value is -1.12. The van der Waals surface area contributed by atoms with Gasteiger partial charge in [-0.25, -0.2) is 9.79 Å². The van der Waals surface area contributed by atoms with Crippen LogP contribution in [0.1, 0.15) is 11.1 Å². The fourth-order valence-corrected chi connectivity index (χ4v) is 1.39. The van der Waals surface area contributed by atoms with Gasteiger partial charge in [0.2, 0.25) is 6.08 Å². The number of aliphatic imine (C=N–C) groups is 1. The van der Waals surface area contributed by atoms with Gasteiger partial charge in [0, 0.05) is 0 Å². The Morgan fingerprint density at radius 2 is 2.31 bits per heavy atom. The maximum atomic E-state index is 9.89. The second-order valence-corrected chi connectivity index (χ2v) is 3.49. The normalized spacial score (nSPS) is 9.38. The molecule has 0 aliphatic rings. The minimum absolute atomic E-state index is 0.191. The summed E-state index contributed by atoms with van der Waals surface area (Å²) in [5, 5.41) is 9.30. The van der Waals surface area contributed by atoms with Crippen molar-refractivity contribution >= 4 is 22.0 Å². The van der Waals surface area contributed by atoms with E-state index >= 15 is 0 Å². The molecule has 1 aromatic carbocycles. The van der Waals surface area contributed by atoms with Gasteiger partial charge in [-0.3, -0.25) is 0 Å². The fourth-order valence-electron chi connectivity index (χ4n) is 0.995. The van der Waals surface area contributed by atoms with Crippen molar-refractivity contribution in [3.63, 3.8) is 0 Å². The smallest absolute Gasteiger partial charge is 0.235 e. The number of carbonyl (C=O) groups excluding carboxylic acids is 1. The Labute approximate surface area is 84.2 Å². The van der Waals surface area contributed by atoms with Crippen LogP contribution in [0.15, 0.2) is 21.6 Å². The van der Waals surface area contributed by atoms with E-state index in [4.69, 9.17) is 0 Å². The number of halogens is 1. The third-order valence-corrected chi connectivity index (χ3v) is 2.35. The van der Waals surface area contributed by atoms with Crippen molar-refractivity contribution in [3.8, 4) is 5.75 Å². The SMILES string of the molecule is Cc1cc(O)c(Br)cc1CN=C=O. The van der Waals surface area contributed by atoms with Crippen molar-refractivity contribution in [1.29, 1.82) is 0 Å². The number of nitrogens with zero attached hydrogens (tertiary/aromatic N) is 1. The highest BCUT2D eigenvalue weighted by atomic mass is 79.9. The van der Waals surface area contributed by atoms with Crippen molar-refractivity contribution < 1.29 is 9.90 Å². The van der Waals surface area contributed by atoms with Gasteiger partial charge in [0.25, 0.3) is 0 Å². The first kappa shape index (κ1) is 9.96. The third-order valence-electron chi connectivity index (χ3n) is 1.72. The van der Waals surface area contributed by atoms with Gasteiger partial charge < -0.3 is 5.11 Å². The van der Waals surface area contributed by atoms with E-state index in [9.17, 15) is 9.90 Å². The lowest BCUT2D eigenvalue weighted by molar-refractivity contribution is 0.471. The fraction of sp³-hybridized carbons (Fsp3) is 0.222. The Balaban J connectivity index is 3.07. The number of phenolic OH excluding ortho intramolecular Hbond substituents is 1. The predicted octanol–water partition coefficient (Wildman–Crippen LogP) is 2.30. The first-order valence-corrected chi connectivity index (χ1v) is 4.46. The molecule has 68 valence electrons. The molecule has 0 unspecified atom stereocenters. The zero-order chi connectivity index (χ0) is 9.84. The third kappa shape index (κ3) is 2.41. The topological polar surface area (TPSA) is 49.7 Å². The lowest BCUT2D eigenvalue weighted by atomic mass is 10.1. The summed E-state index contributed by atoms with van der Waals surface area (Å²) in [6.07, 6.45) is 1.47. The van der Waals surface area contributed by atoms with Gasteiger partial charge >= 0.3 is 0 Å². The van der Waals surface area contributed by atoms with Crippen molar-refractivity contribution in [2.75, 3.05) is 0 Å². The van der Waals surface area contributed by atoms with Crippen LogP contribution in [0, 0.1) is 6.92 Å². The van der Waals surface area contributed by atoms with Crippen molar-refractivity contribution in [2.24, 2.45) is 4.99 Å². The van der Waals surface area contributed by atoms with E-state index < -0.39 is 0 Å². The summed E-state index contributed by atoms with van der Waals surface area (Å²) in [6.45, 7) is 2.15. The molecule has 4 heteroatoms. The number of isocyanates is 1. The van der Waals surface area contributed by atoms with Crippen LogP contribution < -0.4 is 0 Å². The maximum absolute atomic E-state index is 9.89. The second-order valence-electron chi connectivity index (χ2n) is 2.64. The number of hydrogen-bond donors (Lipinski definition) is 1. The lowest BCUT2D eigenvalue weighted by Crippen LogP contribution is -1.87. The number of aryl methyl sites for hydroxylation is 1. The van der Waals surface area contributed by atoms with Gasteiger partial charge in [0.15, 0.2) is 0 Å². The molecule has 0 atom stereocenters. The molecule has 1 N–H and O–H groups in total. The predicted molar refractivity (Wildman–Crippen MR) is 52.4 cm³/mol. The number of hydrogen-bond acceptors (Lipinski definition) is 3. The number of aromatic hydroxyl groups is 1. The summed E-state index contributed by atoms with van der Waals surface area (Å²) in [5.74, 6) is 0.191. The minimum Gasteiger partial charge on any atom is -0.507 e. The molecular formula is C9H8BrNO2. The van der Waals surface area contributed by atoms with Gasteiger partial charge in [0.05, 0.1) is 11.0 Å². The molecule has 0 aliphatic carbocycles. The quantitative estimate of drug-likeness (QED) is 0.638. The molecule has 0 amide bonds. The van der Waals surface area contributed by atoms with Gasteiger partial charge in [-0.15, -0.1) is 0 Å². The summed E-state index contributed by atoms with van der Waals surface area (Å²) < 4.78 is 0.606. The Morgan fingerprint density at radius 3 is 2.92 bits per heavy atom. The van der Waals surface area contributed by atoms with Gasteiger partial charge in [-0.1, -0.05) is 0 Å². The summed E-state index contributed by atoms with van der Waals surface area (Å²) >= 11 is 3.18. The minimum atomic E-state index is 0.191. The summed E-state index contributed by atoms with van der Waals surface area (Å²) in [4.78, 5) is 13.4. The number of rotatable bonds is 2. The maximum Gasteiger partial charge on any atom is 0.235 e. The number of phenols is 1. The van der Waals surface area contributed by atoms with Gasteiger partial charge in [-0.05, 0) is 46.1 Å². The molecule has 0 aromatic heterocycles. The highest BCUT2D eigenvalue weighted by Gasteiger charge is 2.03. The highest BCUT2D eigenvalue weighted by Crippen LogP contribution is 2.27. The monoisotopic (exact) mass is 241 g/mol. The van der Waals surface area contributed by atoms with Crippen LogP contribution in [0.5, 0.6) is 5.75 Å². The van der Waals surface area contributed by atoms with E-state index in [1.807, 2.05) is 6.92 Å². The molecule has 1 rings (SSSR count). The molecule has 0 saturated heterocycles. The largest absolute Gasteiger partial charge is 0.507 e. The first-order chi connectivity index (χ1) is 6.15. The van der Waals surface area contributed by atoms with Crippen molar-refractivity contribution in [1.82, 2.24) is 0 Å². The molecule has 0 radical (unpaired) electrons. The first-order valence-electron chi connectivity index (χ1n) is 3.66. The standard InChI is InChI=1S/C9H8BrNO2/c1-6-2-9(13)8(10)3-7(6)4-11-5-12/h2-3,13H,4H2,1H3. The van der Waals surface area contributed by atoms with E-state index in [1.165, 1.54) is 6.08 Å². The van der Waals surface area contributed by atoms with Crippen LogP contribution >= 0.6 is 15.9 Å². The van der Waals surface area contributed by atoms with E-state index in [1.54, 1.807) is 12.1 Å². The molecule has 13 heavy (non-hydrogen) atoms. The van der Waals surface area contributed by atoms with Crippen LogP contribution in [0.2, 0.25) is 0 Å². The van der Waals surface area contributed by atoms with Crippen LogP contribution in [-0.2, 0) is 11.3 Å². The molecule has 1 aromatic rings. The van der Waals surface area contributed by atoms with E-state index in [0.29, 0.717) is 11.0 Å². The molecule has 3 nitrogen and oxygen atoms in total. The Bertz CT molecular complexity index is 370. The molecule has 0 aliphatic heterocycles. The lowest BCUT2D eigenvalue weighted by Gasteiger charge is -2.04. The average Bonchev–Trinajstić information content (AvgIpc) is 2.09. The Morgan fingerprint density at radius 1 is 1.62 bits per heavy atom. The molecule has 0 fully saturated rings. The zero-order valence-corrected chi connectivity index (χ0v) is 8.63. The molecule has 0 heterocycles. The summed E-state index contributed by atoms with van der Waals surface area (Å²) in [6, 6.07) is 3.37. The van der Waals surface area contributed by atoms with Crippen LogP contribution in [0.25, 0.3) is 0 Å². The molecular weight excluding hydrogens is 234 g/mol. The summed E-state index contributed by atoms with van der Waals surface area (Å²) in [7, 11) is 0. The van der Waals surface area contributed by atoms with Crippen LogP contribution in [0.4, 0.5) is 0 Å². The van der Waals surface area contributed by atoms with Crippen molar-refractivity contribution in [2.45, 2.75) is 13.5 Å². The van der Waals surface area contributed by atoms with Gasteiger partial charge in [-0.2, -0.15) is 0 Å². The Kier molecular flexibility index (Phi) is 3.23. The average molecular weight is 242 g/mol. The highest BCUT2D eigenvalue weighted by molar-refractivity contribution is 9.10. The van der Waals surface area contributed by atoms with Crippen molar-refractivity contribution in [3.05, 3.63) is 27.7 Å². The number of benzene rings is 1. The van der Waals surface area contributed by atoms with Crippen LogP contribution in [-0.4, -0.2) is 11.2 Å². The molecule has 0 spiro atoms. The zero-order valence-electron chi connectivity index (χ0n) is 7.04. The molecule has 0 saturated carbocycles.